The minimum atomic E-state index is -4.29. The summed E-state index contributed by atoms with van der Waals surface area (Å²) in [6, 6.07) is 14.3. The first-order chi connectivity index (χ1) is 14.3. The van der Waals surface area contributed by atoms with Crippen molar-refractivity contribution in [2.45, 2.75) is 9.92 Å². The quantitative estimate of drug-likeness (QED) is 0.421. The van der Waals surface area contributed by atoms with E-state index in [1.54, 1.807) is 24.3 Å². The second kappa shape index (κ2) is 7.46. The molecule has 3 aromatic carbocycles. The van der Waals surface area contributed by atoms with Crippen LogP contribution in [-0.4, -0.2) is 20.5 Å². The lowest BCUT2D eigenvalue weighted by atomic mass is 10.0. The van der Waals surface area contributed by atoms with Crippen LogP contribution in [-0.2, 0) is 9.84 Å². The zero-order valence-electron chi connectivity index (χ0n) is 15.6. The van der Waals surface area contributed by atoms with Crippen molar-refractivity contribution in [2.75, 3.05) is 7.11 Å². The molecule has 4 rings (SSSR count). The molecular weight excluding hydrogens is 415 g/mol. The van der Waals surface area contributed by atoms with E-state index in [-0.39, 0.29) is 5.52 Å². The van der Waals surface area contributed by atoms with Gasteiger partial charge in [-0.1, -0.05) is 12.1 Å². The van der Waals surface area contributed by atoms with Gasteiger partial charge >= 0.3 is 0 Å². The molecule has 1 heterocycles. The number of sulfone groups is 1. The summed E-state index contributed by atoms with van der Waals surface area (Å²) in [6.45, 7) is 0. The van der Waals surface area contributed by atoms with Crippen LogP contribution in [0.3, 0.4) is 0 Å². The number of aromatic nitrogens is 1. The molecule has 0 unspecified atom stereocenters. The molecule has 0 radical (unpaired) electrons. The molecule has 30 heavy (non-hydrogen) atoms. The summed E-state index contributed by atoms with van der Waals surface area (Å²) in [7, 11) is -2.77. The van der Waals surface area contributed by atoms with Gasteiger partial charge in [-0.05, 0) is 59.7 Å². The normalized spacial score (nSPS) is 11.6. The Morgan fingerprint density at radius 3 is 2.23 bits per heavy atom. The summed E-state index contributed by atoms with van der Waals surface area (Å²) >= 11 is 0. The highest BCUT2D eigenvalue weighted by atomic mass is 32.2. The summed E-state index contributed by atoms with van der Waals surface area (Å²) in [5.41, 5.74) is 1.25. The first-order valence-corrected chi connectivity index (χ1v) is 10.2. The molecule has 152 valence electrons. The Morgan fingerprint density at radius 2 is 1.57 bits per heavy atom. The van der Waals surface area contributed by atoms with Gasteiger partial charge in [0.2, 0.25) is 9.84 Å². The molecule has 0 saturated carbocycles. The minimum Gasteiger partial charge on any atom is -0.497 e. The molecule has 0 spiro atoms. The molecule has 4 nitrogen and oxygen atoms in total. The summed E-state index contributed by atoms with van der Waals surface area (Å²) in [5.74, 6) is -2.43. The molecule has 0 aliphatic rings. The summed E-state index contributed by atoms with van der Waals surface area (Å²) in [4.78, 5) is 3.63. The number of rotatable bonds is 4. The largest absolute Gasteiger partial charge is 0.497 e. The topological polar surface area (TPSA) is 56.3 Å². The number of hydrogen-bond acceptors (Lipinski definition) is 4. The first kappa shape index (κ1) is 19.9. The third kappa shape index (κ3) is 3.50. The average molecular weight is 429 g/mol. The molecule has 0 aliphatic carbocycles. The highest BCUT2D eigenvalue weighted by Crippen LogP contribution is 2.33. The molecule has 1 aromatic heterocycles. The predicted octanol–water partition coefficient (Wildman–Crippen LogP) is 5.16. The van der Waals surface area contributed by atoms with Gasteiger partial charge < -0.3 is 4.74 Å². The predicted molar refractivity (Wildman–Crippen MR) is 105 cm³/mol. The minimum absolute atomic E-state index is 0.115. The van der Waals surface area contributed by atoms with Crippen LogP contribution in [0.2, 0.25) is 0 Å². The Labute approximate surface area is 170 Å². The Kier molecular flexibility index (Phi) is 4.95. The van der Waals surface area contributed by atoms with E-state index in [0.717, 1.165) is 18.2 Å². The third-order valence-corrected chi connectivity index (χ3v) is 6.26. The second-order valence-corrected chi connectivity index (χ2v) is 8.37. The fraction of sp³-hybridized carbons (Fsp3) is 0.0455. The standard InChI is InChI=1S/C22H14F3NO3S/c1-29-15-5-2-13(3-6-15)18-12-22(26-21-10-14(23)4-8-17(18)21)30(27,28)16-7-9-19(24)20(25)11-16/h2-12H,1H3. The van der Waals surface area contributed by atoms with Gasteiger partial charge in [0.05, 0.1) is 17.5 Å². The van der Waals surface area contributed by atoms with E-state index in [2.05, 4.69) is 4.98 Å². The second-order valence-electron chi connectivity index (χ2n) is 6.48. The summed E-state index contributed by atoms with van der Waals surface area (Å²) in [5, 5.41) is 0.128. The van der Waals surface area contributed by atoms with E-state index in [9.17, 15) is 21.6 Å². The molecule has 4 aromatic rings. The Hall–Kier alpha value is -3.39. The van der Waals surface area contributed by atoms with E-state index < -0.39 is 37.2 Å². The summed E-state index contributed by atoms with van der Waals surface area (Å²) in [6.07, 6.45) is 0. The fourth-order valence-electron chi connectivity index (χ4n) is 3.09. The zero-order valence-corrected chi connectivity index (χ0v) is 16.4. The Morgan fingerprint density at radius 1 is 0.833 bits per heavy atom. The van der Waals surface area contributed by atoms with Crippen LogP contribution in [0, 0.1) is 17.5 Å². The van der Waals surface area contributed by atoms with Crippen molar-refractivity contribution in [2.24, 2.45) is 0 Å². The molecule has 0 aliphatic heterocycles. The maximum atomic E-state index is 13.8. The van der Waals surface area contributed by atoms with Gasteiger partial charge in [0.1, 0.15) is 11.6 Å². The van der Waals surface area contributed by atoms with Crippen LogP contribution in [0.15, 0.2) is 76.7 Å². The Bertz CT molecular complexity index is 1370. The van der Waals surface area contributed by atoms with Crippen LogP contribution in [0.4, 0.5) is 13.2 Å². The monoisotopic (exact) mass is 429 g/mol. The third-order valence-electron chi connectivity index (χ3n) is 4.63. The van der Waals surface area contributed by atoms with Crippen molar-refractivity contribution in [3.8, 4) is 16.9 Å². The van der Waals surface area contributed by atoms with E-state index in [1.165, 1.54) is 25.3 Å². The van der Waals surface area contributed by atoms with Crippen molar-refractivity contribution in [3.05, 3.63) is 84.2 Å². The number of halogens is 3. The lowest BCUT2D eigenvalue weighted by molar-refractivity contribution is 0.415. The van der Waals surface area contributed by atoms with Gasteiger partial charge in [0.25, 0.3) is 0 Å². The van der Waals surface area contributed by atoms with Crippen LogP contribution < -0.4 is 4.74 Å². The van der Waals surface area contributed by atoms with Crippen molar-refractivity contribution < 1.29 is 26.3 Å². The van der Waals surface area contributed by atoms with Gasteiger partial charge in [-0.15, -0.1) is 0 Å². The van der Waals surface area contributed by atoms with Gasteiger partial charge in [-0.25, -0.2) is 26.6 Å². The van der Waals surface area contributed by atoms with Gasteiger partial charge in [-0.3, -0.25) is 0 Å². The van der Waals surface area contributed by atoms with Gasteiger partial charge in [-0.2, -0.15) is 0 Å². The highest BCUT2D eigenvalue weighted by molar-refractivity contribution is 7.91. The number of nitrogens with zero attached hydrogens (tertiary/aromatic N) is 1. The molecule has 0 saturated heterocycles. The molecule has 0 N–H and O–H groups in total. The number of ether oxygens (including phenoxy) is 1. The fourth-order valence-corrected chi connectivity index (χ4v) is 4.33. The molecule has 8 heteroatoms. The van der Waals surface area contributed by atoms with E-state index in [0.29, 0.717) is 28.3 Å². The summed E-state index contributed by atoms with van der Waals surface area (Å²) < 4.78 is 71.9. The van der Waals surface area contributed by atoms with Crippen LogP contribution in [0.5, 0.6) is 5.75 Å². The van der Waals surface area contributed by atoms with Crippen molar-refractivity contribution >= 4 is 20.7 Å². The zero-order chi connectivity index (χ0) is 21.5. The smallest absolute Gasteiger partial charge is 0.223 e. The van der Waals surface area contributed by atoms with E-state index in [4.69, 9.17) is 4.74 Å². The molecular formula is C22H14F3NO3S. The van der Waals surface area contributed by atoms with Crippen molar-refractivity contribution in [1.29, 1.82) is 0 Å². The van der Waals surface area contributed by atoms with Crippen LogP contribution >= 0.6 is 0 Å². The average Bonchev–Trinajstić information content (AvgIpc) is 2.74. The van der Waals surface area contributed by atoms with Gasteiger partial charge in [0, 0.05) is 11.5 Å². The van der Waals surface area contributed by atoms with E-state index in [1.807, 2.05) is 0 Å². The molecule has 0 fully saturated rings. The SMILES string of the molecule is COc1ccc(-c2cc(S(=O)(=O)c3ccc(F)c(F)c3)nc3cc(F)ccc23)cc1. The molecule has 0 atom stereocenters. The highest BCUT2D eigenvalue weighted by Gasteiger charge is 2.23. The number of benzene rings is 3. The molecule has 0 bridgehead atoms. The maximum absolute atomic E-state index is 13.8. The lowest BCUT2D eigenvalue weighted by Crippen LogP contribution is -2.06. The number of methoxy groups -OCH3 is 1. The van der Waals surface area contributed by atoms with Crippen LogP contribution in [0.1, 0.15) is 0 Å². The van der Waals surface area contributed by atoms with E-state index >= 15 is 0 Å². The van der Waals surface area contributed by atoms with Crippen molar-refractivity contribution in [3.63, 3.8) is 0 Å². The first-order valence-electron chi connectivity index (χ1n) is 8.74. The van der Waals surface area contributed by atoms with Gasteiger partial charge in [0.15, 0.2) is 16.7 Å². The number of fused-ring (bicyclic) bond motifs is 1. The number of pyridine rings is 1. The molecule has 0 amide bonds. The van der Waals surface area contributed by atoms with Crippen LogP contribution in [0.25, 0.3) is 22.0 Å². The maximum Gasteiger partial charge on any atom is 0.223 e. The Balaban J connectivity index is 1.97. The lowest BCUT2D eigenvalue weighted by Gasteiger charge is -2.12. The van der Waals surface area contributed by atoms with Crippen molar-refractivity contribution in [1.82, 2.24) is 4.98 Å². The number of hydrogen-bond donors (Lipinski definition) is 0.